The van der Waals surface area contributed by atoms with Crippen LogP contribution >= 0.6 is 0 Å². The number of anilines is 1. The Balaban J connectivity index is 2.76. The Labute approximate surface area is 124 Å². The van der Waals surface area contributed by atoms with Gasteiger partial charge in [-0.05, 0) is 30.5 Å². The molecule has 1 atom stereocenters. The zero-order valence-corrected chi connectivity index (χ0v) is 13.9. The van der Waals surface area contributed by atoms with Gasteiger partial charge < -0.3 is 15.0 Å². The molecule has 0 fully saturated rings. The number of rotatable bonds is 7. The summed E-state index contributed by atoms with van der Waals surface area (Å²) in [7, 11) is 3.85. The number of ether oxygens (including phenoxy) is 1. The van der Waals surface area contributed by atoms with Crippen LogP contribution in [0.5, 0.6) is 5.75 Å². The molecule has 0 saturated carbocycles. The second-order valence-electron chi connectivity index (χ2n) is 6.45. The van der Waals surface area contributed by atoms with E-state index in [0.29, 0.717) is 6.04 Å². The molecule has 0 aliphatic heterocycles. The summed E-state index contributed by atoms with van der Waals surface area (Å²) in [5.74, 6) is 0.906. The standard InChI is InChI=1S/C17H30N2O/c1-7-11-18-16(17(2,3)4)13-19(5)14-9-8-10-15(12-14)20-6/h8-10,12,16,18H,7,11,13H2,1-6H3. The predicted octanol–water partition coefficient (Wildman–Crippen LogP) is 3.55. The minimum Gasteiger partial charge on any atom is -0.497 e. The van der Waals surface area contributed by atoms with Crippen LogP contribution in [0.1, 0.15) is 34.1 Å². The fourth-order valence-corrected chi connectivity index (χ4v) is 2.19. The second-order valence-corrected chi connectivity index (χ2v) is 6.45. The molecule has 0 aromatic heterocycles. The van der Waals surface area contributed by atoms with Gasteiger partial charge in [0.1, 0.15) is 5.75 Å². The first-order valence-electron chi connectivity index (χ1n) is 7.47. The molecule has 1 unspecified atom stereocenters. The summed E-state index contributed by atoms with van der Waals surface area (Å²) in [5.41, 5.74) is 1.43. The molecule has 3 nitrogen and oxygen atoms in total. The number of nitrogens with zero attached hydrogens (tertiary/aromatic N) is 1. The molecule has 20 heavy (non-hydrogen) atoms. The summed E-state index contributed by atoms with van der Waals surface area (Å²) in [6.07, 6.45) is 1.16. The molecular formula is C17H30N2O. The largest absolute Gasteiger partial charge is 0.497 e. The van der Waals surface area contributed by atoms with Crippen LogP contribution in [0.25, 0.3) is 0 Å². The van der Waals surface area contributed by atoms with Crippen LogP contribution in [-0.4, -0.2) is 33.3 Å². The second kappa shape index (κ2) is 7.53. The zero-order valence-electron chi connectivity index (χ0n) is 13.9. The molecule has 0 amide bonds. The van der Waals surface area contributed by atoms with Crippen LogP contribution in [0.4, 0.5) is 5.69 Å². The van der Waals surface area contributed by atoms with Gasteiger partial charge in [0.25, 0.3) is 0 Å². The normalized spacial score (nSPS) is 13.1. The van der Waals surface area contributed by atoms with E-state index in [1.54, 1.807) is 7.11 Å². The highest BCUT2D eigenvalue weighted by molar-refractivity contribution is 5.50. The van der Waals surface area contributed by atoms with Gasteiger partial charge in [-0.25, -0.2) is 0 Å². The molecule has 1 rings (SSSR count). The molecule has 0 spiro atoms. The highest BCUT2D eigenvalue weighted by atomic mass is 16.5. The summed E-state index contributed by atoms with van der Waals surface area (Å²) in [4.78, 5) is 2.29. The lowest BCUT2D eigenvalue weighted by Gasteiger charge is -2.35. The van der Waals surface area contributed by atoms with Crippen LogP contribution in [0.15, 0.2) is 24.3 Å². The van der Waals surface area contributed by atoms with Crippen molar-refractivity contribution in [2.75, 3.05) is 32.1 Å². The number of benzene rings is 1. The maximum absolute atomic E-state index is 5.30. The maximum Gasteiger partial charge on any atom is 0.120 e. The van der Waals surface area contributed by atoms with Crippen molar-refractivity contribution in [1.82, 2.24) is 5.32 Å². The first-order chi connectivity index (χ1) is 9.38. The van der Waals surface area contributed by atoms with Crippen molar-refractivity contribution in [2.24, 2.45) is 5.41 Å². The summed E-state index contributed by atoms with van der Waals surface area (Å²) in [5, 5.41) is 3.67. The Morgan fingerprint density at radius 3 is 2.55 bits per heavy atom. The molecule has 1 aromatic carbocycles. The third-order valence-corrected chi connectivity index (χ3v) is 3.64. The van der Waals surface area contributed by atoms with Crippen molar-refractivity contribution < 1.29 is 4.74 Å². The Kier molecular flexibility index (Phi) is 6.34. The van der Waals surface area contributed by atoms with E-state index in [1.807, 2.05) is 12.1 Å². The number of nitrogens with one attached hydrogen (secondary N) is 1. The van der Waals surface area contributed by atoms with Gasteiger partial charge in [0.15, 0.2) is 0 Å². The van der Waals surface area contributed by atoms with Gasteiger partial charge in [-0.1, -0.05) is 33.8 Å². The van der Waals surface area contributed by atoms with E-state index in [4.69, 9.17) is 4.74 Å². The van der Waals surface area contributed by atoms with Crippen LogP contribution in [0.3, 0.4) is 0 Å². The van der Waals surface area contributed by atoms with Gasteiger partial charge in [-0.3, -0.25) is 0 Å². The molecule has 0 aliphatic carbocycles. The Bertz CT molecular complexity index is 398. The highest BCUT2D eigenvalue weighted by Crippen LogP contribution is 2.24. The predicted molar refractivity (Wildman–Crippen MR) is 87.8 cm³/mol. The topological polar surface area (TPSA) is 24.5 Å². The number of hydrogen-bond acceptors (Lipinski definition) is 3. The van der Waals surface area contributed by atoms with Gasteiger partial charge in [0.05, 0.1) is 7.11 Å². The van der Waals surface area contributed by atoms with E-state index in [-0.39, 0.29) is 5.41 Å². The molecule has 1 N–H and O–H groups in total. The van der Waals surface area contributed by atoms with Crippen molar-refractivity contribution >= 4 is 5.69 Å². The van der Waals surface area contributed by atoms with Gasteiger partial charge in [0, 0.05) is 31.4 Å². The molecule has 0 radical (unpaired) electrons. The zero-order chi connectivity index (χ0) is 15.2. The maximum atomic E-state index is 5.30. The average molecular weight is 278 g/mol. The Hall–Kier alpha value is -1.22. The summed E-state index contributed by atoms with van der Waals surface area (Å²) >= 11 is 0. The first-order valence-corrected chi connectivity index (χ1v) is 7.47. The minimum absolute atomic E-state index is 0.238. The highest BCUT2D eigenvalue weighted by Gasteiger charge is 2.25. The van der Waals surface area contributed by atoms with E-state index in [0.717, 1.165) is 25.3 Å². The first kappa shape index (κ1) is 16.8. The van der Waals surface area contributed by atoms with Gasteiger partial charge in [0.2, 0.25) is 0 Å². The number of hydrogen-bond donors (Lipinski definition) is 1. The monoisotopic (exact) mass is 278 g/mol. The van der Waals surface area contributed by atoms with Crippen LogP contribution in [0, 0.1) is 5.41 Å². The van der Waals surface area contributed by atoms with Crippen molar-refractivity contribution in [3.05, 3.63) is 24.3 Å². The summed E-state index contributed by atoms with van der Waals surface area (Å²) in [6, 6.07) is 8.69. The van der Waals surface area contributed by atoms with Crippen LogP contribution < -0.4 is 15.0 Å². The third kappa shape index (κ3) is 5.04. The average Bonchev–Trinajstić information content (AvgIpc) is 2.42. The minimum atomic E-state index is 0.238. The SMILES string of the molecule is CCCNC(CN(C)c1cccc(OC)c1)C(C)(C)C. The van der Waals surface area contributed by atoms with Crippen molar-refractivity contribution in [1.29, 1.82) is 0 Å². The lowest BCUT2D eigenvalue weighted by molar-refractivity contribution is 0.272. The molecule has 3 heteroatoms. The van der Waals surface area contributed by atoms with Crippen LogP contribution in [0.2, 0.25) is 0 Å². The summed E-state index contributed by atoms with van der Waals surface area (Å²) in [6.45, 7) is 11.1. The van der Waals surface area contributed by atoms with Crippen molar-refractivity contribution in [2.45, 2.75) is 40.2 Å². The Morgan fingerprint density at radius 2 is 2.00 bits per heavy atom. The lowest BCUT2D eigenvalue weighted by Crippen LogP contribution is -2.48. The van der Waals surface area contributed by atoms with E-state index >= 15 is 0 Å². The molecule has 114 valence electrons. The smallest absolute Gasteiger partial charge is 0.120 e. The van der Waals surface area contributed by atoms with Gasteiger partial charge in [-0.15, -0.1) is 0 Å². The van der Waals surface area contributed by atoms with Gasteiger partial charge >= 0.3 is 0 Å². The lowest BCUT2D eigenvalue weighted by atomic mass is 9.86. The summed E-state index contributed by atoms with van der Waals surface area (Å²) < 4.78 is 5.30. The molecule has 0 saturated heterocycles. The van der Waals surface area contributed by atoms with E-state index in [9.17, 15) is 0 Å². The van der Waals surface area contributed by atoms with Crippen LogP contribution in [-0.2, 0) is 0 Å². The van der Waals surface area contributed by atoms with Gasteiger partial charge in [-0.2, -0.15) is 0 Å². The number of methoxy groups -OCH3 is 1. The molecule has 0 aliphatic rings. The van der Waals surface area contributed by atoms with E-state index < -0.39 is 0 Å². The fourth-order valence-electron chi connectivity index (χ4n) is 2.19. The quantitative estimate of drug-likeness (QED) is 0.825. The molecule has 0 bridgehead atoms. The fraction of sp³-hybridized carbons (Fsp3) is 0.647. The number of likely N-dealkylation sites (N-methyl/N-ethyl adjacent to an activating group) is 1. The van der Waals surface area contributed by atoms with E-state index in [2.05, 4.69) is 57.1 Å². The van der Waals surface area contributed by atoms with E-state index in [1.165, 1.54) is 5.69 Å². The molecule has 0 heterocycles. The molecular weight excluding hydrogens is 248 g/mol. The third-order valence-electron chi connectivity index (χ3n) is 3.64. The Morgan fingerprint density at radius 1 is 1.30 bits per heavy atom. The van der Waals surface area contributed by atoms with Crippen molar-refractivity contribution in [3.8, 4) is 5.75 Å². The van der Waals surface area contributed by atoms with Crippen molar-refractivity contribution in [3.63, 3.8) is 0 Å². The molecule has 1 aromatic rings.